The van der Waals surface area contributed by atoms with E-state index in [1.54, 1.807) is 0 Å². The Labute approximate surface area is 170 Å². The molecule has 2 nitrogen and oxygen atoms in total. The van der Waals surface area contributed by atoms with Gasteiger partial charge in [0.05, 0.1) is 0 Å². The van der Waals surface area contributed by atoms with Crippen molar-refractivity contribution >= 4 is 8.56 Å². The maximum atomic E-state index is 6.47. The number of hydrogen-bond acceptors (Lipinski definition) is 2. The van der Waals surface area contributed by atoms with Crippen LogP contribution in [0.5, 0.6) is 5.75 Å². The molecule has 0 spiro atoms. The second-order valence-electron chi connectivity index (χ2n) is 8.07. The highest BCUT2D eigenvalue weighted by Gasteiger charge is 2.35. The molecular weight excluding hydrogens is 348 g/mol. The van der Waals surface area contributed by atoms with Gasteiger partial charge < -0.3 is 8.85 Å². The molecule has 1 rings (SSSR count). The summed E-state index contributed by atoms with van der Waals surface area (Å²) < 4.78 is 12.9. The Kier molecular flexibility index (Phi) is 12.8. The van der Waals surface area contributed by atoms with Crippen LogP contribution in [0.25, 0.3) is 0 Å². The summed E-state index contributed by atoms with van der Waals surface area (Å²) in [5.74, 6) is 0.992. The van der Waals surface area contributed by atoms with E-state index in [1.807, 2.05) is 0 Å². The van der Waals surface area contributed by atoms with Crippen LogP contribution >= 0.6 is 0 Å². The highest BCUT2D eigenvalue weighted by Crippen LogP contribution is 2.25. The average Bonchev–Trinajstić information content (AvgIpc) is 2.64. The molecule has 0 saturated heterocycles. The number of benzene rings is 1. The SMILES string of the molecule is CCCCCCCCCCCCO[Si](CC)(CC)Oc1cc(C)cc(C)c1. The molecule has 0 amide bonds. The van der Waals surface area contributed by atoms with Crippen LogP contribution in [0.1, 0.15) is 96.1 Å². The van der Waals surface area contributed by atoms with E-state index in [0.717, 1.165) is 24.4 Å². The average molecular weight is 393 g/mol. The third-order valence-corrected chi connectivity index (χ3v) is 8.93. The van der Waals surface area contributed by atoms with Gasteiger partial charge >= 0.3 is 8.56 Å². The van der Waals surface area contributed by atoms with Gasteiger partial charge in [0, 0.05) is 6.61 Å². The minimum absolute atomic E-state index is 0.856. The fourth-order valence-electron chi connectivity index (χ4n) is 3.68. The van der Waals surface area contributed by atoms with E-state index in [2.05, 4.69) is 52.8 Å². The lowest BCUT2D eigenvalue weighted by Crippen LogP contribution is -2.44. The summed E-state index contributed by atoms with van der Waals surface area (Å²) in [5, 5.41) is 0. The van der Waals surface area contributed by atoms with Crippen molar-refractivity contribution in [3.05, 3.63) is 29.3 Å². The zero-order valence-corrected chi connectivity index (χ0v) is 19.7. The first-order valence-corrected chi connectivity index (χ1v) is 13.7. The molecule has 0 bridgehead atoms. The first-order valence-electron chi connectivity index (χ1n) is 11.5. The summed E-state index contributed by atoms with van der Waals surface area (Å²) in [4.78, 5) is 0. The molecule has 0 aliphatic carbocycles. The fraction of sp³-hybridized carbons (Fsp3) is 0.750. The van der Waals surface area contributed by atoms with Gasteiger partial charge in [-0.15, -0.1) is 0 Å². The normalized spacial score (nSPS) is 11.7. The predicted octanol–water partition coefficient (Wildman–Crippen LogP) is 8.10. The molecule has 1 aromatic carbocycles. The Morgan fingerprint density at radius 2 is 1.15 bits per heavy atom. The van der Waals surface area contributed by atoms with Crippen molar-refractivity contribution in [2.75, 3.05) is 6.61 Å². The van der Waals surface area contributed by atoms with Crippen molar-refractivity contribution < 1.29 is 8.85 Å². The molecule has 0 aromatic heterocycles. The summed E-state index contributed by atoms with van der Waals surface area (Å²) in [7, 11) is -2.12. The van der Waals surface area contributed by atoms with Crippen LogP contribution in [0.4, 0.5) is 0 Å². The lowest BCUT2D eigenvalue weighted by atomic mass is 10.1. The van der Waals surface area contributed by atoms with Crippen molar-refractivity contribution in [2.24, 2.45) is 0 Å². The topological polar surface area (TPSA) is 18.5 Å². The monoisotopic (exact) mass is 392 g/mol. The Bertz CT molecular complexity index is 477. The lowest BCUT2D eigenvalue weighted by molar-refractivity contribution is 0.230. The molecule has 0 aliphatic rings. The standard InChI is InChI=1S/C24H44O2Si/c1-6-9-10-11-12-13-14-15-16-17-18-25-27(7-2,8-3)26-24-20-22(4)19-23(5)21-24/h19-21H,6-18H2,1-5H3. The van der Waals surface area contributed by atoms with Crippen LogP contribution < -0.4 is 4.43 Å². The number of aryl methyl sites for hydroxylation is 2. The molecule has 0 radical (unpaired) electrons. The zero-order chi connectivity index (χ0) is 20.0. The molecule has 156 valence electrons. The molecule has 3 heteroatoms. The van der Waals surface area contributed by atoms with E-state index in [4.69, 9.17) is 8.85 Å². The van der Waals surface area contributed by atoms with E-state index in [-0.39, 0.29) is 0 Å². The Morgan fingerprint density at radius 3 is 1.63 bits per heavy atom. The Balaban J connectivity index is 2.26. The molecule has 0 fully saturated rings. The van der Waals surface area contributed by atoms with E-state index >= 15 is 0 Å². The first kappa shape index (κ1) is 24.2. The van der Waals surface area contributed by atoms with Crippen LogP contribution in [-0.2, 0) is 4.43 Å². The molecule has 0 atom stereocenters. The van der Waals surface area contributed by atoms with Gasteiger partial charge in [-0.05, 0) is 55.6 Å². The van der Waals surface area contributed by atoms with Gasteiger partial charge in [0.25, 0.3) is 0 Å². The van der Waals surface area contributed by atoms with Crippen LogP contribution in [0.3, 0.4) is 0 Å². The molecular formula is C24H44O2Si. The quantitative estimate of drug-likeness (QED) is 0.209. The molecule has 0 saturated carbocycles. The maximum Gasteiger partial charge on any atom is 0.398 e. The van der Waals surface area contributed by atoms with Crippen molar-refractivity contribution in [3.63, 3.8) is 0 Å². The molecule has 27 heavy (non-hydrogen) atoms. The van der Waals surface area contributed by atoms with E-state index in [1.165, 1.54) is 75.3 Å². The summed E-state index contributed by atoms with van der Waals surface area (Å²) in [6.45, 7) is 11.8. The molecule has 1 aromatic rings. The van der Waals surface area contributed by atoms with E-state index < -0.39 is 8.56 Å². The second-order valence-corrected chi connectivity index (χ2v) is 11.8. The summed E-state index contributed by atoms with van der Waals surface area (Å²) in [6, 6.07) is 8.50. The predicted molar refractivity (Wildman–Crippen MR) is 121 cm³/mol. The fourth-order valence-corrected chi connectivity index (χ4v) is 6.00. The first-order chi connectivity index (χ1) is 13.0. The smallest absolute Gasteiger partial charge is 0.398 e. The van der Waals surface area contributed by atoms with Crippen LogP contribution in [-0.4, -0.2) is 15.2 Å². The van der Waals surface area contributed by atoms with Crippen LogP contribution in [0, 0.1) is 13.8 Å². The van der Waals surface area contributed by atoms with Gasteiger partial charge in [-0.2, -0.15) is 0 Å². The number of unbranched alkanes of at least 4 members (excludes halogenated alkanes) is 9. The van der Waals surface area contributed by atoms with Crippen LogP contribution in [0.2, 0.25) is 12.1 Å². The van der Waals surface area contributed by atoms with Gasteiger partial charge in [0.15, 0.2) is 0 Å². The molecule has 0 N–H and O–H groups in total. The number of rotatable bonds is 16. The minimum atomic E-state index is -2.12. The highest BCUT2D eigenvalue weighted by atomic mass is 28.4. The Hall–Kier alpha value is -0.803. The Morgan fingerprint density at radius 1 is 0.667 bits per heavy atom. The third kappa shape index (κ3) is 10.3. The zero-order valence-electron chi connectivity index (χ0n) is 18.7. The van der Waals surface area contributed by atoms with Gasteiger partial charge in [-0.3, -0.25) is 0 Å². The van der Waals surface area contributed by atoms with Crippen molar-refractivity contribution in [2.45, 2.75) is 111 Å². The minimum Gasteiger partial charge on any atom is -0.520 e. The number of hydrogen-bond donors (Lipinski definition) is 0. The van der Waals surface area contributed by atoms with Crippen LogP contribution in [0.15, 0.2) is 18.2 Å². The molecule has 0 aliphatic heterocycles. The second kappa shape index (κ2) is 14.2. The van der Waals surface area contributed by atoms with Crippen molar-refractivity contribution in [1.82, 2.24) is 0 Å². The summed E-state index contributed by atoms with van der Waals surface area (Å²) in [5.41, 5.74) is 2.52. The van der Waals surface area contributed by atoms with E-state index in [0.29, 0.717) is 0 Å². The summed E-state index contributed by atoms with van der Waals surface area (Å²) >= 11 is 0. The van der Waals surface area contributed by atoms with Crippen molar-refractivity contribution in [3.8, 4) is 5.75 Å². The largest absolute Gasteiger partial charge is 0.520 e. The summed E-state index contributed by atoms with van der Waals surface area (Å²) in [6.07, 6.45) is 13.6. The molecule has 0 unspecified atom stereocenters. The van der Waals surface area contributed by atoms with Gasteiger partial charge in [0.2, 0.25) is 0 Å². The lowest BCUT2D eigenvalue weighted by Gasteiger charge is -2.29. The van der Waals surface area contributed by atoms with Crippen molar-refractivity contribution in [1.29, 1.82) is 0 Å². The van der Waals surface area contributed by atoms with Gasteiger partial charge in [-0.1, -0.05) is 84.6 Å². The molecule has 0 heterocycles. The van der Waals surface area contributed by atoms with Gasteiger partial charge in [0.1, 0.15) is 5.75 Å². The van der Waals surface area contributed by atoms with Gasteiger partial charge in [-0.25, -0.2) is 0 Å². The highest BCUT2D eigenvalue weighted by molar-refractivity contribution is 6.68. The van der Waals surface area contributed by atoms with E-state index in [9.17, 15) is 0 Å². The maximum absolute atomic E-state index is 6.47. The third-order valence-electron chi connectivity index (χ3n) is 5.44.